The molecule has 8 N–H and O–H groups in total. The molecule has 13 nitrogen and oxygen atoms in total. The number of hydrogen-bond acceptors (Lipinski definition) is 7. The van der Waals surface area contributed by atoms with E-state index in [2.05, 4.69) is 25.9 Å². The SMILES string of the molecule is CCC(C)C(N)C(=O)NC(C(=O)NC(Cc1cnc[nH]1)C(=O)NC(CCC(=O)O)C(=O)O)C(C)C. The van der Waals surface area contributed by atoms with Crippen LogP contribution in [-0.2, 0) is 30.4 Å². The Balaban J connectivity index is 3.05. The molecule has 0 bridgehead atoms. The number of H-pyrrole nitrogens is 1. The molecule has 1 aromatic heterocycles. The average molecular weight is 497 g/mol. The first kappa shape index (κ1) is 29.6. The van der Waals surface area contributed by atoms with Crippen molar-refractivity contribution in [2.24, 2.45) is 17.6 Å². The highest BCUT2D eigenvalue weighted by atomic mass is 16.4. The zero-order chi connectivity index (χ0) is 26.7. The third-order valence-electron chi connectivity index (χ3n) is 5.68. The first-order chi connectivity index (χ1) is 16.4. The summed E-state index contributed by atoms with van der Waals surface area (Å²) in [6.45, 7) is 7.15. The number of rotatable bonds is 15. The van der Waals surface area contributed by atoms with Gasteiger partial charge in [-0.15, -0.1) is 0 Å². The molecular weight excluding hydrogens is 460 g/mol. The quantitative estimate of drug-likeness (QED) is 0.164. The van der Waals surface area contributed by atoms with Gasteiger partial charge >= 0.3 is 11.9 Å². The molecule has 5 atom stereocenters. The van der Waals surface area contributed by atoms with E-state index in [9.17, 15) is 29.1 Å². The van der Waals surface area contributed by atoms with Crippen LogP contribution in [0.2, 0.25) is 0 Å². The van der Waals surface area contributed by atoms with Crippen molar-refractivity contribution in [3.63, 3.8) is 0 Å². The molecule has 0 aliphatic heterocycles. The molecule has 3 amide bonds. The van der Waals surface area contributed by atoms with Crippen molar-refractivity contribution in [2.45, 2.75) is 77.5 Å². The van der Waals surface area contributed by atoms with E-state index < -0.39 is 60.2 Å². The highest BCUT2D eigenvalue weighted by molar-refractivity contribution is 5.94. The number of carbonyl (C=O) groups is 5. The molecule has 0 fully saturated rings. The normalized spacial score (nSPS) is 15.4. The maximum Gasteiger partial charge on any atom is 0.326 e. The van der Waals surface area contributed by atoms with E-state index in [4.69, 9.17) is 10.8 Å². The fraction of sp³-hybridized carbons (Fsp3) is 0.636. The number of aromatic nitrogens is 2. The summed E-state index contributed by atoms with van der Waals surface area (Å²) in [6.07, 6.45) is 2.65. The molecule has 0 aliphatic rings. The second-order valence-electron chi connectivity index (χ2n) is 8.82. The van der Waals surface area contributed by atoms with Crippen molar-refractivity contribution in [1.29, 1.82) is 0 Å². The number of nitrogens with one attached hydrogen (secondary N) is 4. The molecule has 0 spiro atoms. The van der Waals surface area contributed by atoms with E-state index in [0.29, 0.717) is 12.1 Å². The van der Waals surface area contributed by atoms with Crippen molar-refractivity contribution in [3.05, 3.63) is 18.2 Å². The molecule has 5 unspecified atom stereocenters. The van der Waals surface area contributed by atoms with Crippen LogP contribution in [-0.4, -0.2) is 74.0 Å². The van der Waals surface area contributed by atoms with Gasteiger partial charge in [0.25, 0.3) is 0 Å². The predicted molar refractivity (Wildman–Crippen MR) is 125 cm³/mol. The highest BCUT2D eigenvalue weighted by Crippen LogP contribution is 2.09. The number of aromatic amines is 1. The third-order valence-corrected chi connectivity index (χ3v) is 5.68. The van der Waals surface area contributed by atoms with Crippen LogP contribution < -0.4 is 21.7 Å². The number of carbonyl (C=O) groups excluding carboxylic acids is 3. The molecule has 0 aromatic carbocycles. The minimum atomic E-state index is -1.46. The van der Waals surface area contributed by atoms with E-state index in [1.807, 2.05) is 13.8 Å². The van der Waals surface area contributed by atoms with Gasteiger partial charge < -0.3 is 36.9 Å². The van der Waals surface area contributed by atoms with Crippen LogP contribution in [0.15, 0.2) is 12.5 Å². The summed E-state index contributed by atoms with van der Waals surface area (Å²) in [5.41, 5.74) is 6.47. The van der Waals surface area contributed by atoms with Crippen LogP contribution >= 0.6 is 0 Å². The van der Waals surface area contributed by atoms with Crippen LogP contribution in [0.4, 0.5) is 0 Å². The van der Waals surface area contributed by atoms with Crippen LogP contribution in [0, 0.1) is 11.8 Å². The Hall–Kier alpha value is -3.48. The van der Waals surface area contributed by atoms with E-state index in [0.717, 1.165) is 0 Å². The number of nitrogens with zero attached hydrogens (tertiary/aromatic N) is 1. The van der Waals surface area contributed by atoms with E-state index in [1.165, 1.54) is 12.5 Å². The number of carboxylic acid groups (broad SMARTS) is 2. The Morgan fingerprint density at radius 2 is 1.63 bits per heavy atom. The monoisotopic (exact) mass is 496 g/mol. The fourth-order valence-electron chi connectivity index (χ4n) is 3.18. The summed E-state index contributed by atoms with van der Waals surface area (Å²) in [7, 11) is 0. The summed E-state index contributed by atoms with van der Waals surface area (Å²) >= 11 is 0. The molecule has 1 heterocycles. The van der Waals surface area contributed by atoms with Gasteiger partial charge in [0.05, 0.1) is 12.4 Å². The topological polar surface area (TPSA) is 217 Å². The Morgan fingerprint density at radius 3 is 2.11 bits per heavy atom. The standard InChI is InChI=1S/C22H36N6O7/c1-5-12(4)17(23)20(32)28-18(11(2)3)21(33)27-15(8-13-9-24-10-25-13)19(31)26-14(22(34)35)6-7-16(29)30/h9-12,14-15,17-18H,5-8,23H2,1-4H3,(H,24,25)(H,26,31)(H,27,33)(H,28,32)(H,29,30)(H,34,35). The largest absolute Gasteiger partial charge is 0.481 e. The summed E-state index contributed by atoms with van der Waals surface area (Å²) in [5.74, 6) is -5.04. The Labute approximate surface area is 203 Å². The van der Waals surface area contributed by atoms with E-state index in [1.54, 1.807) is 13.8 Å². The molecule has 1 rings (SSSR count). The van der Waals surface area contributed by atoms with Gasteiger partial charge in [0.15, 0.2) is 0 Å². The average Bonchev–Trinajstić information content (AvgIpc) is 3.30. The van der Waals surface area contributed by atoms with Gasteiger partial charge in [0.1, 0.15) is 18.1 Å². The fourth-order valence-corrected chi connectivity index (χ4v) is 3.18. The van der Waals surface area contributed by atoms with Gasteiger partial charge in [0, 0.05) is 24.7 Å². The lowest BCUT2D eigenvalue weighted by Crippen LogP contribution is -2.59. The van der Waals surface area contributed by atoms with Gasteiger partial charge in [-0.1, -0.05) is 34.1 Å². The number of carboxylic acids is 2. The van der Waals surface area contributed by atoms with E-state index in [-0.39, 0.29) is 24.7 Å². The van der Waals surface area contributed by atoms with Crippen molar-refractivity contribution >= 4 is 29.7 Å². The Bertz CT molecular complexity index is 874. The summed E-state index contributed by atoms with van der Waals surface area (Å²) in [5, 5.41) is 25.7. The lowest BCUT2D eigenvalue weighted by Gasteiger charge is -2.27. The molecule has 13 heteroatoms. The smallest absolute Gasteiger partial charge is 0.326 e. The number of aliphatic carboxylic acids is 2. The van der Waals surface area contributed by atoms with Gasteiger partial charge in [-0.25, -0.2) is 9.78 Å². The molecule has 35 heavy (non-hydrogen) atoms. The molecule has 1 aromatic rings. The first-order valence-corrected chi connectivity index (χ1v) is 11.5. The first-order valence-electron chi connectivity index (χ1n) is 11.5. The number of hydrogen-bond donors (Lipinski definition) is 7. The number of nitrogens with two attached hydrogens (primary N) is 1. The van der Waals surface area contributed by atoms with Gasteiger partial charge in [0.2, 0.25) is 17.7 Å². The van der Waals surface area contributed by atoms with Gasteiger partial charge in [-0.2, -0.15) is 0 Å². The molecule has 0 radical (unpaired) electrons. The third kappa shape index (κ3) is 9.73. The predicted octanol–water partition coefficient (Wildman–Crippen LogP) is -0.615. The molecule has 0 aliphatic carbocycles. The van der Waals surface area contributed by atoms with Crippen molar-refractivity contribution in [2.75, 3.05) is 0 Å². The minimum Gasteiger partial charge on any atom is -0.481 e. The zero-order valence-corrected chi connectivity index (χ0v) is 20.4. The van der Waals surface area contributed by atoms with Crippen LogP contribution in [0.1, 0.15) is 52.7 Å². The summed E-state index contributed by atoms with van der Waals surface area (Å²) in [4.78, 5) is 67.6. The minimum absolute atomic E-state index is 0.0476. The summed E-state index contributed by atoms with van der Waals surface area (Å²) < 4.78 is 0. The van der Waals surface area contributed by atoms with Crippen molar-refractivity contribution in [3.8, 4) is 0 Å². The van der Waals surface area contributed by atoms with Gasteiger partial charge in [-0.3, -0.25) is 19.2 Å². The molecular formula is C22H36N6O7. The second kappa shape index (κ2) is 14.0. The van der Waals surface area contributed by atoms with E-state index >= 15 is 0 Å². The second-order valence-corrected chi connectivity index (χ2v) is 8.82. The van der Waals surface area contributed by atoms with Crippen LogP contribution in [0.3, 0.4) is 0 Å². The zero-order valence-electron chi connectivity index (χ0n) is 20.4. The lowest BCUT2D eigenvalue weighted by molar-refractivity contribution is -0.143. The molecule has 196 valence electrons. The number of amides is 3. The summed E-state index contributed by atoms with van der Waals surface area (Å²) in [6, 6.07) is -4.51. The van der Waals surface area contributed by atoms with Crippen molar-refractivity contribution in [1.82, 2.24) is 25.9 Å². The van der Waals surface area contributed by atoms with Crippen LogP contribution in [0.5, 0.6) is 0 Å². The Morgan fingerprint density at radius 1 is 1.00 bits per heavy atom. The highest BCUT2D eigenvalue weighted by Gasteiger charge is 2.32. The van der Waals surface area contributed by atoms with Crippen LogP contribution in [0.25, 0.3) is 0 Å². The Kier molecular flexibility index (Phi) is 11.9. The number of imidazole rings is 1. The molecule has 0 saturated heterocycles. The lowest BCUT2D eigenvalue weighted by atomic mass is 9.97. The maximum atomic E-state index is 13.1. The molecule has 0 saturated carbocycles. The van der Waals surface area contributed by atoms with Gasteiger partial charge in [-0.05, 0) is 18.3 Å². The van der Waals surface area contributed by atoms with Crippen molar-refractivity contribution < 1.29 is 34.2 Å². The maximum absolute atomic E-state index is 13.1.